The van der Waals surface area contributed by atoms with Crippen molar-refractivity contribution < 1.29 is 4.79 Å². The Morgan fingerprint density at radius 3 is 2.35 bits per heavy atom. The first-order valence-electron chi connectivity index (χ1n) is 7.56. The molecule has 1 aliphatic rings. The fraction of sp³-hybridized carbons (Fsp3) is 0.150. The molecule has 0 saturated carbocycles. The molecule has 3 heteroatoms. The summed E-state index contributed by atoms with van der Waals surface area (Å²) < 4.78 is 0. The SMILES string of the molecule is C=C/C=C/[C@@H]1C(=O)N(c2ccc(Cl)cc2)[C@H]1c1ccc(C)cc1. The zero-order valence-corrected chi connectivity index (χ0v) is 13.7. The minimum Gasteiger partial charge on any atom is -0.303 e. The molecule has 2 aromatic rings. The normalized spacial score (nSPS) is 20.6. The quantitative estimate of drug-likeness (QED) is 0.566. The number of carbonyl (C=O) groups excluding carboxylic acids is 1. The topological polar surface area (TPSA) is 20.3 Å². The van der Waals surface area contributed by atoms with Gasteiger partial charge in [-0.2, -0.15) is 0 Å². The lowest BCUT2D eigenvalue weighted by Gasteiger charge is -2.46. The van der Waals surface area contributed by atoms with Gasteiger partial charge in [0.1, 0.15) is 0 Å². The fourth-order valence-corrected chi connectivity index (χ4v) is 3.03. The number of nitrogens with zero attached hydrogens (tertiary/aromatic N) is 1. The Balaban J connectivity index is 1.98. The molecular weight excluding hydrogens is 306 g/mol. The number of aryl methyl sites for hydroxylation is 1. The molecule has 1 saturated heterocycles. The van der Waals surface area contributed by atoms with Crippen molar-refractivity contribution in [3.63, 3.8) is 0 Å². The zero-order valence-electron chi connectivity index (χ0n) is 12.9. The van der Waals surface area contributed by atoms with E-state index in [4.69, 9.17) is 11.6 Å². The number of anilines is 1. The molecule has 2 aromatic carbocycles. The Bertz CT molecular complexity index is 746. The molecule has 3 rings (SSSR count). The summed E-state index contributed by atoms with van der Waals surface area (Å²) in [6.07, 6.45) is 5.46. The minimum absolute atomic E-state index is 0.000440. The number of hydrogen-bond acceptors (Lipinski definition) is 1. The van der Waals surface area contributed by atoms with Gasteiger partial charge in [0.2, 0.25) is 5.91 Å². The summed E-state index contributed by atoms with van der Waals surface area (Å²) in [5.41, 5.74) is 3.20. The Hall–Kier alpha value is -2.32. The third-order valence-electron chi connectivity index (χ3n) is 4.12. The summed E-state index contributed by atoms with van der Waals surface area (Å²) in [6, 6.07) is 15.7. The predicted octanol–water partition coefficient (Wildman–Crippen LogP) is 5.09. The van der Waals surface area contributed by atoms with Gasteiger partial charge in [-0.25, -0.2) is 0 Å². The van der Waals surface area contributed by atoms with E-state index >= 15 is 0 Å². The molecule has 0 unspecified atom stereocenters. The molecule has 1 amide bonds. The predicted molar refractivity (Wildman–Crippen MR) is 95.7 cm³/mol. The average molecular weight is 324 g/mol. The van der Waals surface area contributed by atoms with Crippen LogP contribution in [0.1, 0.15) is 17.2 Å². The van der Waals surface area contributed by atoms with E-state index in [-0.39, 0.29) is 17.9 Å². The third-order valence-corrected chi connectivity index (χ3v) is 4.37. The van der Waals surface area contributed by atoms with Gasteiger partial charge in [0, 0.05) is 10.7 Å². The molecule has 0 aliphatic carbocycles. The molecule has 0 aromatic heterocycles. The van der Waals surface area contributed by atoms with Gasteiger partial charge in [-0.15, -0.1) is 0 Å². The van der Waals surface area contributed by atoms with E-state index in [1.807, 2.05) is 41.3 Å². The van der Waals surface area contributed by atoms with Crippen LogP contribution in [0.3, 0.4) is 0 Å². The molecule has 2 nitrogen and oxygen atoms in total. The van der Waals surface area contributed by atoms with Crippen LogP contribution in [0.25, 0.3) is 0 Å². The molecule has 116 valence electrons. The number of rotatable bonds is 4. The summed E-state index contributed by atoms with van der Waals surface area (Å²) >= 11 is 5.96. The van der Waals surface area contributed by atoms with E-state index in [0.717, 1.165) is 11.3 Å². The largest absolute Gasteiger partial charge is 0.303 e. The van der Waals surface area contributed by atoms with E-state index in [1.165, 1.54) is 5.56 Å². The maximum absolute atomic E-state index is 12.6. The number of benzene rings is 2. The molecule has 1 aliphatic heterocycles. The number of halogens is 1. The van der Waals surface area contributed by atoms with Crippen LogP contribution in [0, 0.1) is 12.8 Å². The maximum Gasteiger partial charge on any atom is 0.236 e. The first-order valence-corrected chi connectivity index (χ1v) is 7.94. The molecule has 2 atom stereocenters. The molecule has 0 spiro atoms. The van der Waals surface area contributed by atoms with Crippen LogP contribution < -0.4 is 4.90 Å². The van der Waals surface area contributed by atoms with Crippen molar-refractivity contribution >= 4 is 23.2 Å². The molecule has 0 radical (unpaired) electrons. The van der Waals surface area contributed by atoms with Gasteiger partial charge in [0.25, 0.3) is 0 Å². The Labute approximate surface area is 141 Å². The van der Waals surface area contributed by atoms with Crippen LogP contribution in [0.2, 0.25) is 5.02 Å². The average Bonchev–Trinajstić information content (AvgIpc) is 2.56. The van der Waals surface area contributed by atoms with Gasteiger partial charge < -0.3 is 4.90 Å². The number of allylic oxidation sites excluding steroid dienone is 2. The van der Waals surface area contributed by atoms with Gasteiger partial charge in [0.05, 0.1) is 12.0 Å². The van der Waals surface area contributed by atoms with Gasteiger partial charge in [0.15, 0.2) is 0 Å². The number of hydrogen-bond donors (Lipinski definition) is 0. The van der Waals surface area contributed by atoms with Crippen molar-refractivity contribution in [3.05, 3.63) is 89.5 Å². The van der Waals surface area contributed by atoms with Crippen molar-refractivity contribution in [2.45, 2.75) is 13.0 Å². The maximum atomic E-state index is 12.6. The number of β-lactam (4-membered cyclic amide) rings is 1. The van der Waals surface area contributed by atoms with Crippen LogP contribution in [-0.2, 0) is 4.79 Å². The highest BCUT2D eigenvalue weighted by Crippen LogP contribution is 2.44. The summed E-state index contributed by atoms with van der Waals surface area (Å²) in [7, 11) is 0. The monoisotopic (exact) mass is 323 g/mol. The number of amides is 1. The second-order valence-electron chi connectivity index (χ2n) is 5.69. The molecule has 1 heterocycles. The first-order chi connectivity index (χ1) is 11.1. The van der Waals surface area contributed by atoms with Crippen molar-refractivity contribution in [2.24, 2.45) is 5.92 Å². The van der Waals surface area contributed by atoms with Crippen LogP contribution in [0.5, 0.6) is 0 Å². The second kappa shape index (κ2) is 6.43. The van der Waals surface area contributed by atoms with E-state index in [0.29, 0.717) is 5.02 Å². The molecule has 0 bridgehead atoms. The lowest BCUT2D eigenvalue weighted by molar-refractivity contribution is -0.128. The molecule has 0 N–H and O–H groups in total. The Kier molecular flexibility index (Phi) is 4.35. The third kappa shape index (κ3) is 2.95. The standard InChI is InChI=1S/C20H18ClNO/c1-3-4-5-18-19(15-8-6-14(2)7-9-15)22(20(18)23)17-12-10-16(21)11-13-17/h3-13,18-19H,1H2,2H3/b5-4+/t18-,19-/m0/s1. The van der Waals surface area contributed by atoms with Gasteiger partial charge in [-0.3, -0.25) is 4.79 Å². The van der Waals surface area contributed by atoms with E-state index < -0.39 is 0 Å². The summed E-state index contributed by atoms with van der Waals surface area (Å²) in [5.74, 6) is -0.0672. The lowest BCUT2D eigenvalue weighted by Crippen LogP contribution is -2.54. The fourth-order valence-electron chi connectivity index (χ4n) is 2.91. The van der Waals surface area contributed by atoms with Gasteiger partial charge in [-0.05, 0) is 36.8 Å². The Morgan fingerprint density at radius 2 is 1.74 bits per heavy atom. The smallest absolute Gasteiger partial charge is 0.236 e. The summed E-state index contributed by atoms with van der Waals surface area (Å²) in [6.45, 7) is 5.74. The van der Waals surface area contributed by atoms with Crippen molar-refractivity contribution in [3.8, 4) is 0 Å². The number of carbonyl (C=O) groups is 1. The highest BCUT2D eigenvalue weighted by atomic mass is 35.5. The summed E-state index contributed by atoms with van der Waals surface area (Å²) in [4.78, 5) is 14.4. The highest BCUT2D eigenvalue weighted by molar-refractivity contribution is 6.30. The van der Waals surface area contributed by atoms with Crippen LogP contribution in [0.15, 0.2) is 73.3 Å². The van der Waals surface area contributed by atoms with Crippen LogP contribution in [-0.4, -0.2) is 5.91 Å². The lowest BCUT2D eigenvalue weighted by atomic mass is 9.81. The second-order valence-corrected chi connectivity index (χ2v) is 6.12. The molecule has 23 heavy (non-hydrogen) atoms. The van der Waals surface area contributed by atoms with E-state index in [2.05, 4.69) is 37.8 Å². The van der Waals surface area contributed by atoms with E-state index in [1.54, 1.807) is 6.08 Å². The van der Waals surface area contributed by atoms with Crippen LogP contribution in [0.4, 0.5) is 5.69 Å². The Morgan fingerprint density at radius 1 is 1.09 bits per heavy atom. The van der Waals surface area contributed by atoms with Crippen molar-refractivity contribution in [1.29, 1.82) is 0 Å². The summed E-state index contributed by atoms with van der Waals surface area (Å²) in [5, 5.41) is 0.664. The molecule has 1 fully saturated rings. The van der Waals surface area contributed by atoms with Gasteiger partial charge >= 0.3 is 0 Å². The van der Waals surface area contributed by atoms with Crippen molar-refractivity contribution in [2.75, 3.05) is 4.90 Å². The van der Waals surface area contributed by atoms with E-state index in [9.17, 15) is 4.79 Å². The first kappa shape index (κ1) is 15.6. The van der Waals surface area contributed by atoms with Crippen molar-refractivity contribution in [1.82, 2.24) is 0 Å². The zero-order chi connectivity index (χ0) is 16.4. The highest BCUT2D eigenvalue weighted by Gasteiger charge is 2.47. The minimum atomic E-state index is -0.161. The van der Waals surface area contributed by atoms with Gasteiger partial charge in [-0.1, -0.05) is 66.2 Å². The van der Waals surface area contributed by atoms with Crippen LogP contribution >= 0.6 is 11.6 Å². The molecular formula is C20H18ClNO.